The van der Waals surface area contributed by atoms with E-state index < -0.39 is 43.5 Å². The molecule has 0 heterocycles. The van der Waals surface area contributed by atoms with E-state index >= 15 is 0 Å². The van der Waals surface area contributed by atoms with Crippen molar-refractivity contribution in [2.45, 2.75) is 31.2 Å². The predicted octanol–water partition coefficient (Wildman–Crippen LogP) is -0.175. The van der Waals surface area contributed by atoms with Crippen molar-refractivity contribution in [3.8, 4) is 0 Å². The van der Waals surface area contributed by atoms with Crippen molar-refractivity contribution in [3.05, 3.63) is 29.3 Å². The first-order chi connectivity index (χ1) is 8.92. The van der Waals surface area contributed by atoms with Gasteiger partial charge in [-0.3, -0.25) is 0 Å². The molecular weight excluding hydrogens is 286 g/mol. The van der Waals surface area contributed by atoms with Crippen LogP contribution < -0.4 is 9.83 Å². The van der Waals surface area contributed by atoms with Crippen molar-refractivity contribution < 1.29 is 28.2 Å². The van der Waals surface area contributed by atoms with Crippen molar-refractivity contribution in [1.29, 1.82) is 0 Å². The van der Waals surface area contributed by atoms with Crippen LogP contribution in [-0.2, 0) is 10.0 Å². The fourth-order valence-electron chi connectivity index (χ4n) is 1.46. The van der Waals surface area contributed by atoms with Crippen molar-refractivity contribution in [1.82, 2.24) is 4.72 Å². The molecule has 110 valence electrons. The van der Waals surface area contributed by atoms with Gasteiger partial charge < -0.3 is 15.0 Å². The highest BCUT2D eigenvalue weighted by Crippen LogP contribution is 2.17. The number of sulfonamides is 1. The van der Waals surface area contributed by atoms with Gasteiger partial charge in [-0.15, -0.1) is 0 Å². The summed E-state index contributed by atoms with van der Waals surface area (Å²) in [5.41, 5.74) is -1.75. The third kappa shape index (κ3) is 4.04. The smallest absolute Gasteiger partial charge is 0.335 e. The van der Waals surface area contributed by atoms with Gasteiger partial charge in [0, 0.05) is 5.54 Å². The highest BCUT2D eigenvalue weighted by atomic mass is 32.2. The van der Waals surface area contributed by atoms with Gasteiger partial charge in [-0.05, 0) is 44.5 Å². The zero-order valence-corrected chi connectivity index (χ0v) is 11.9. The van der Waals surface area contributed by atoms with Crippen LogP contribution in [0.15, 0.2) is 23.1 Å². The molecule has 0 fully saturated rings. The van der Waals surface area contributed by atoms with Crippen molar-refractivity contribution in [2.75, 3.05) is 0 Å². The summed E-state index contributed by atoms with van der Waals surface area (Å²) < 4.78 is 26.5. The van der Waals surface area contributed by atoms with Gasteiger partial charge in [0.2, 0.25) is 10.0 Å². The molecule has 0 saturated heterocycles. The number of carbonyl (C=O) groups is 2. The highest BCUT2D eigenvalue weighted by Gasteiger charge is 2.23. The summed E-state index contributed by atoms with van der Waals surface area (Å²) in [4.78, 5) is 21.3. The molecule has 1 aromatic carbocycles. The first-order valence-corrected chi connectivity index (χ1v) is 7.04. The van der Waals surface area contributed by atoms with Crippen molar-refractivity contribution in [3.63, 3.8) is 0 Å². The molecule has 0 aliphatic heterocycles. The van der Waals surface area contributed by atoms with E-state index in [1.54, 1.807) is 20.8 Å². The topological polar surface area (TPSA) is 124 Å². The molecule has 0 atom stereocenters. The molecule has 0 saturated carbocycles. The second-order valence-electron chi connectivity index (χ2n) is 5.19. The summed E-state index contributed by atoms with van der Waals surface area (Å²) in [5, 5.41) is 19.7. The van der Waals surface area contributed by atoms with Gasteiger partial charge in [-0.1, -0.05) is 0 Å². The maximum atomic E-state index is 12.1. The monoisotopic (exact) mass is 300 g/mol. The lowest BCUT2D eigenvalue weighted by atomic mass is 10.1. The maximum Gasteiger partial charge on any atom is 0.335 e. The van der Waals surface area contributed by atoms with Crippen LogP contribution in [0.25, 0.3) is 0 Å². The summed E-state index contributed by atoms with van der Waals surface area (Å²) in [6.45, 7) is 4.81. The summed E-state index contributed by atoms with van der Waals surface area (Å²) in [5.74, 6) is -3.08. The van der Waals surface area contributed by atoms with Crippen LogP contribution in [0.2, 0.25) is 0 Å². The Hall–Kier alpha value is -1.93. The van der Waals surface area contributed by atoms with Crippen LogP contribution in [0.3, 0.4) is 0 Å². The van der Waals surface area contributed by atoms with Crippen LogP contribution >= 0.6 is 0 Å². The third-order valence-corrected chi connectivity index (χ3v) is 3.88. The van der Waals surface area contributed by atoms with Gasteiger partial charge in [0.1, 0.15) is 0 Å². The van der Waals surface area contributed by atoms with Crippen molar-refractivity contribution in [2.24, 2.45) is 0 Å². The lowest BCUT2D eigenvalue weighted by Crippen LogP contribution is -2.40. The van der Waals surface area contributed by atoms with Crippen LogP contribution in [0.4, 0.5) is 0 Å². The number of carboxylic acids is 2. The van der Waals surface area contributed by atoms with Gasteiger partial charge in [0.25, 0.3) is 0 Å². The van der Waals surface area contributed by atoms with Gasteiger partial charge in [0.15, 0.2) is 0 Å². The molecule has 0 spiro atoms. The highest BCUT2D eigenvalue weighted by molar-refractivity contribution is 7.89. The average Bonchev–Trinajstić information content (AvgIpc) is 2.25. The van der Waals surface area contributed by atoms with E-state index in [1.165, 1.54) is 0 Å². The van der Waals surface area contributed by atoms with Crippen molar-refractivity contribution >= 4 is 22.0 Å². The molecule has 0 bridgehead atoms. The Balaban J connectivity index is 3.45. The molecule has 0 aromatic heterocycles. The second-order valence-corrected chi connectivity index (χ2v) is 6.88. The second kappa shape index (κ2) is 5.22. The molecule has 1 rings (SSSR count). The molecular formula is C12H14NO6S-. The molecule has 0 amide bonds. The molecule has 7 nitrogen and oxygen atoms in total. The van der Waals surface area contributed by atoms with E-state index in [1.807, 2.05) is 0 Å². The zero-order chi connectivity index (χ0) is 15.7. The van der Waals surface area contributed by atoms with Gasteiger partial charge in [-0.2, -0.15) is 0 Å². The standard InChI is InChI=1S/C12H15NO6S/c1-12(2,3)13-20(18,19)9-5-7(10(14)15)4-8(6-9)11(16)17/h4-6,13H,1-3H3,(H,14,15)(H,16,17)/p-1. The summed E-state index contributed by atoms with van der Waals surface area (Å²) in [6.07, 6.45) is 0. The molecule has 2 N–H and O–H groups in total. The summed E-state index contributed by atoms with van der Waals surface area (Å²) >= 11 is 0. The normalized spacial score (nSPS) is 12.2. The Morgan fingerprint density at radius 2 is 1.65 bits per heavy atom. The van der Waals surface area contributed by atoms with Crippen LogP contribution in [0.5, 0.6) is 0 Å². The molecule has 0 aliphatic carbocycles. The maximum absolute atomic E-state index is 12.1. The minimum Gasteiger partial charge on any atom is -0.545 e. The Kier molecular flexibility index (Phi) is 4.21. The van der Waals surface area contributed by atoms with Crippen LogP contribution in [0, 0.1) is 0 Å². The quantitative estimate of drug-likeness (QED) is 0.795. The Labute approximate surface area is 116 Å². The third-order valence-electron chi connectivity index (χ3n) is 2.14. The summed E-state index contributed by atoms with van der Waals surface area (Å²) in [6, 6.07) is 2.59. The molecule has 0 unspecified atom stereocenters. The van der Waals surface area contributed by atoms with E-state index in [9.17, 15) is 23.1 Å². The number of carboxylic acid groups (broad SMARTS) is 2. The lowest BCUT2D eigenvalue weighted by molar-refractivity contribution is -0.255. The van der Waals surface area contributed by atoms with E-state index in [2.05, 4.69) is 4.72 Å². The molecule has 0 aliphatic rings. The fourth-order valence-corrected chi connectivity index (χ4v) is 2.95. The van der Waals surface area contributed by atoms with Crippen LogP contribution in [0.1, 0.15) is 41.5 Å². The minimum absolute atomic E-state index is 0.438. The number of hydrogen-bond donors (Lipinski definition) is 2. The molecule has 1 aromatic rings. The van der Waals surface area contributed by atoms with Gasteiger partial charge in [0.05, 0.1) is 16.4 Å². The minimum atomic E-state index is -4.03. The number of hydrogen-bond acceptors (Lipinski definition) is 5. The summed E-state index contributed by atoms with van der Waals surface area (Å²) in [7, 11) is -4.03. The molecule has 20 heavy (non-hydrogen) atoms. The number of nitrogens with one attached hydrogen (secondary N) is 1. The zero-order valence-electron chi connectivity index (χ0n) is 11.1. The number of carbonyl (C=O) groups excluding carboxylic acids is 1. The van der Waals surface area contributed by atoms with Gasteiger partial charge >= 0.3 is 5.97 Å². The number of rotatable bonds is 4. The lowest BCUT2D eigenvalue weighted by Gasteiger charge is -2.21. The Morgan fingerprint density at radius 3 is 2.05 bits per heavy atom. The molecule has 8 heteroatoms. The van der Waals surface area contributed by atoms with E-state index in [4.69, 9.17) is 5.11 Å². The van der Waals surface area contributed by atoms with Gasteiger partial charge in [-0.25, -0.2) is 17.9 Å². The SMILES string of the molecule is CC(C)(C)NS(=O)(=O)c1cc(C(=O)[O-])cc(C(=O)O)c1. The van der Waals surface area contributed by atoms with E-state index in [0.717, 1.165) is 18.2 Å². The number of benzene rings is 1. The first-order valence-electron chi connectivity index (χ1n) is 5.56. The fraction of sp³-hybridized carbons (Fsp3) is 0.333. The average molecular weight is 300 g/mol. The predicted molar refractivity (Wildman–Crippen MR) is 67.8 cm³/mol. The molecule has 0 radical (unpaired) electrons. The largest absolute Gasteiger partial charge is 0.545 e. The Bertz CT molecular complexity index is 625. The van der Waals surface area contributed by atoms with Crippen LogP contribution in [-0.4, -0.2) is 31.0 Å². The Morgan fingerprint density at radius 1 is 1.15 bits per heavy atom. The van der Waals surface area contributed by atoms with E-state index in [0.29, 0.717) is 0 Å². The first kappa shape index (κ1) is 16.1. The van der Waals surface area contributed by atoms with E-state index in [-0.39, 0.29) is 0 Å². The number of aromatic carboxylic acids is 2.